The van der Waals surface area contributed by atoms with Crippen molar-refractivity contribution in [2.24, 2.45) is 11.3 Å². The van der Waals surface area contributed by atoms with E-state index in [1.54, 1.807) is 14.1 Å². The molecule has 1 unspecified atom stereocenters. The standard InChI is InChI=1S/C65H95N9O8Si/c1-16-73-54-25-24-46-35-50(54)51(60(73)49-21-17-26-66-58(49)40(2)3)36-65(12,13)39-81-64(80)52-22-18-30-74(68-52)62(78)53(33-45-31-47(46)34-48(32-45)82-83(42(6)7,43(8)9)44(10)11)67-61(77)59(41(4)5)70(15)57(76)38-69(14)63(79)55-37-72(55)29-20-28-71-27-19-23-56(71)75/h17,21,24-26,31-32,34-35,40-44,52-53,55,59,68H,16,18-20,22-23,27-30,33,36-39H2,1-15H3,(H,67,77)/t52-,53-,55+,59-,72?/m0/s1. The van der Waals surface area contributed by atoms with Gasteiger partial charge in [0.2, 0.25) is 23.6 Å². The van der Waals surface area contributed by atoms with Crippen molar-refractivity contribution in [3.8, 4) is 28.1 Å². The lowest BCUT2D eigenvalue weighted by atomic mass is 9.83. The number of likely N-dealkylation sites (tertiary alicyclic amines) is 1. The van der Waals surface area contributed by atoms with Gasteiger partial charge in [-0.2, -0.15) is 0 Å². The number of hydrogen-bond donors (Lipinski definition) is 2. The molecule has 18 heteroatoms. The van der Waals surface area contributed by atoms with Gasteiger partial charge in [-0.25, -0.2) is 5.43 Å². The quantitative estimate of drug-likeness (QED) is 0.0519. The first-order valence-electron chi connectivity index (χ1n) is 30.8. The first-order valence-corrected chi connectivity index (χ1v) is 32.9. The average molecular weight is 1160 g/mol. The molecule has 6 bridgehead atoms. The number of amides is 5. The van der Waals surface area contributed by atoms with Crippen LogP contribution in [-0.4, -0.2) is 162 Å². The van der Waals surface area contributed by atoms with Crippen molar-refractivity contribution in [1.29, 1.82) is 0 Å². The number of carbonyl (C=O) groups excluding carboxylic acids is 6. The summed E-state index contributed by atoms with van der Waals surface area (Å²) in [5.41, 5.74) is 11.5. The Labute approximate surface area is 494 Å². The van der Waals surface area contributed by atoms with Crippen LogP contribution in [0.1, 0.15) is 145 Å². The maximum Gasteiger partial charge on any atom is 0.324 e. The third kappa shape index (κ3) is 13.7. The number of carbonyl (C=O) groups is 6. The Bertz CT molecular complexity index is 3020. The Morgan fingerprint density at radius 2 is 1.63 bits per heavy atom. The molecular formula is C65H95N9O8Si. The number of rotatable bonds is 19. The predicted molar refractivity (Wildman–Crippen MR) is 329 cm³/mol. The molecule has 17 nitrogen and oxygen atoms in total. The van der Waals surface area contributed by atoms with Crippen molar-refractivity contribution in [1.82, 2.24) is 44.9 Å². The molecule has 4 aliphatic heterocycles. The van der Waals surface area contributed by atoms with Crippen molar-refractivity contribution in [2.45, 2.75) is 188 Å². The van der Waals surface area contributed by atoms with Gasteiger partial charge in [0.1, 0.15) is 29.9 Å². The molecule has 83 heavy (non-hydrogen) atoms. The van der Waals surface area contributed by atoms with Gasteiger partial charge < -0.3 is 33.7 Å². The summed E-state index contributed by atoms with van der Waals surface area (Å²) in [6.07, 6.45) is 5.73. The van der Waals surface area contributed by atoms with Gasteiger partial charge in [-0.3, -0.25) is 43.7 Å². The van der Waals surface area contributed by atoms with Crippen molar-refractivity contribution in [3.63, 3.8) is 0 Å². The van der Waals surface area contributed by atoms with Gasteiger partial charge in [-0.05, 0) is 126 Å². The lowest BCUT2D eigenvalue weighted by Crippen LogP contribution is -2.62. The Hall–Kier alpha value is -6.11. The summed E-state index contributed by atoms with van der Waals surface area (Å²) in [7, 11) is 0.626. The number of hydrazine groups is 1. The first-order chi connectivity index (χ1) is 39.3. The SMILES string of the molecule is CCn1c(-c2cccnc2C(C)C)c2c3cc(ccc31)-c1cc(cc(O[Si](C(C)C)(C(C)C)C(C)C)c1)C[C@H](NC(=O)[C@H](C(C)C)N(C)C(=O)CN(C)C(=O)[C@H]1CN1CCCN1CCCC1=O)C(=O)N1CCC[C@H](N1)C(=O)OCC(C)(C)C2. The number of aromatic nitrogens is 2. The fourth-order valence-corrected chi connectivity index (χ4v) is 19.0. The van der Waals surface area contributed by atoms with Crippen LogP contribution in [0.2, 0.25) is 16.6 Å². The maximum atomic E-state index is 15.3. The molecule has 5 atom stereocenters. The summed E-state index contributed by atoms with van der Waals surface area (Å²) in [4.78, 5) is 96.3. The van der Waals surface area contributed by atoms with E-state index in [9.17, 15) is 19.2 Å². The number of nitrogens with one attached hydrogen (secondary N) is 2. The fraction of sp³-hybridized carbons (Fsp3) is 0.615. The second kappa shape index (κ2) is 26.0. The number of cyclic esters (lactones) is 1. The molecule has 2 N–H and O–H groups in total. The molecule has 3 fully saturated rings. The Kier molecular flexibility index (Phi) is 19.7. The van der Waals surface area contributed by atoms with Gasteiger partial charge >= 0.3 is 5.97 Å². The van der Waals surface area contributed by atoms with E-state index < -0.39 is 55.5 Å². The van der Waals surface area contributed by atoms with Crippen LogP contribution >= 0.6 is 0 Å². The third-order valence-corrected chi connectivity index (χ3v) is 24.0. The molecule has 8 rings (SSSR count). The highest BCUT2D eigenvalue weighted by Gasteiger charge is 2.48. The van der Waals surface area contributed by atoms with Crippen LogP contribution in [0.25, 0.3) is 33.3 Å². The molecule has 3 saturated heterocycles. The summed E-state index contributed by atoms with van der Waals surface area (Å²) in [6, 6.07) is 13.8. The van der Waals surface area contributed by atoms with Crippen LogP contribution < -0.4 is 15.2 Å². The van der Waals surface area contributed by atoms with Crippen LogP contribution in [0, 0.1) is 11.3 Å². The van der Waals surface area contributed by atoms with Crippen molar-refractivity contribution >= 4 is 54.7 Å². The van der Waals surface area contributed by atoms with Gasteiger partial charge in [0.15, 0.2) is 0 Å². The minimum absolute atomic E-state index is 0.0601. The number of pyridine rings is 1. The van der Waals surface area contributed by atoms with E-state index in [4.69, 9.17) is 14.1 Å². The van der Waals surface area contributed by atoms with Crippen LogP contribution in [0.5, 0.6) is 5.75 Å². The summed E-state index contributed by atoms with van der Waals surface area (Å²) in [5.74, 6) is -1.35. The summed E-state index contributed by atoms with van der Waals surface area (Å²) >= 11 is 0. The van der Waals surface area contributed by atoms with Gasteiger partial charge in [0, 0.05) is 94.3 Å². The van der Waals surface area contributed by atoms with Crippen LogP contribution in [0.15, 0.2) is 54.7 Å². The van der Waals surface area contributed by atoms with Gasteiger partial charge in [-0.15, -0.1) is 0 Å². The molecule has 0 spiro atoms. The van der Waals surface area contributed by atoms with Crippen LogP contribution in [-0.2, 0) is 52.9 Å². The van der Waals surface area contributed by atoms with Crippen molar-refractivity contribution in [2.75, 3.05) is 60.0 Å². The normalized spacial score (nSPS) is 20.8. The molecule has 452 valence electrons. The fourth-order valence-electron chi connectivity index (χ4n) is 13.7. The number of esters is 1. The Morgan fingerprint density at radius 3 is 2.28 bits per heavy atom. The largest absolute Gasteiger partial charge is 0.543 e. The average Bonchev–Trinajstić information content (AvgIpc) is 2.66. The Morgan fingerprint density at radius 1 is 0.904 bits per heavy atom. The summed E-state index contributed by atoms with van der Waals surface area (Å²) in [5, 5.41) is 5.68. The summed E-state index contributed by atoms with van der Waals surface area (Å²) < 4.78 is 16.1. The number of benzene rings is 2. The van der Waals surface area contributed by atoms with E-state index in [2.05, 4.69) is 133 Å². The number of hydrogen-bond acceptors (Lipinski definition) is 11. The molecular weight excluding hydrogens is 1060 g/mol. The van der Waals surface area contributed by atoms with E-state index in [0.717, 1.165) is 69.5 Å². The smallest absolute Gasteiger partial charge is 0.324 e. The van der Waals surface area contributed by atoms with Gasteiger partial charge in [0.25, 0.3) is 14.2 Å². The van der Waals surface area contributed by atoms with Gasteiger partial charge in [-0.1, -0.05) is 95.2 Å². The Balaban J connectivity index is 1.18. The number of aryl methyl sites for hydroxylation is 1. The molecule has 0 radical (unpaired) electrons. The number of nitrogens with zero attached hydrogens (tertiary/aromatic N) is 7. The minimum atomic E-state index is -2.56. The molecule has 0 aliphatic carbocycles. The van der Waals surface area contributed by atoms with Gasteiger partial charge in [0.05, 0.1) is 24.5 Å². The monoisotopic (exact) mass is 1160 g/mol. The van der Waals surface area contributed by atoms with E-state index in [0.29, 0.717) is 57.6 Å². The zero-order valence-electron chi connectivity index (χ0n) is 52.4. The molecule has 2 aromatic heterocycles. The number of fused-ring (bicyclic) bond motifs is 6. The highest BCUT2D eigenvalue weighted by atomic mass is 28.4. The number of ether oxygens (including phenoxy) is 1. The zero-order chi connectivity index (χ0) is 60.4. The highest BCUT2D eigenvalue weighted by Crippen LogP contribution is 2.45. The lowest BCUT2D eigenvalue weighted by molar-refractivity contribution is -0.155. The zero-order valence-corrected chi connectivity index (χ0v) is 53.4. The van der Waals surface area contributed by atoms with E-state index in [-0.39, 0.29) is 72.4 Å². The van der Waals surface area contributed by atoms with Crippen LogP contribution in [0.3, 0.4) is 0 Å². The van der Waals surface area contributed by atoms with E-state index >= 15 is 9.59 Å². The molecule has 4 aromatic rings. The predicted octanol–water partition coefficient (Wildman–Crippen LogP) is 9.35. The van der Waals surface area contributed by atoms with Crippen molar-refractivity contribution in [3.05, 3.63) is 71.5 Å². The third-order valence-electron chi connectivity index (χ3n) is 18.0. The first kappa shape index (κ1) is 62.9. The van der Waals surface area contributed by atoms with Crippen LogP contribution in [0.4, 0.5) is 0 Å². The van der Waals surface area contributed by atoms with E-state index in [1.807, 2.05) is 37.1 Å². The highest BCUT2D eigenvalue weighted by molar-refractivity contribution is 6.78. The molecule has 2 aromatic carbocycles. The molecule has 4 aliphatic rings. The van der Waals surface area contributed by atoms with E-state index in [1.165, 1.54) is 14.8 Å². The summed E-state index contributed by atoms with van der Waals surface area (Å²) in [6.45, 7) is 31.7. The topological polar surface area (TPSA) is 179 Å². The molecule has 6 heterocycles. The molecule has 5 amide bonds. The second-order valence-electron chi connectivity index (χ2n) is 26.4. The lowest BCUT2D eigenvalue weighted by Gasteiger charge is -2.42. The van der Waals surface area contributed by atoms with Crippen molar-refractivity contribution < 1.29 is 37.9 Å². The number of likely N-dealkylation sites (N-methyl/N-ethyl adjacent to an activating group) is 2. The second-order valence-corrected chi connectivity index (χ2v) is 31.8. The maximum absolute atomic E-state index is 15.3. The minimum Gasteiger partial charge on any atom is -0.543 e. The molecule has 0 saturated carbocycles.